The van der Waals surface area contributed by atoms with Crippen LogP contribution in [0.5, 0.6) is 0 Å². The van der Waals surface area contributed by atoms with Crippen LogP contribution in [0.1, 0.15) is 39.5 Å². The van der Waals surface area contributed by atoms with Gasteiger partial charge in [-0.25, -0.2) is 4.79 Å². The first-order valence-electron chi connectivity index (χ1n) is 5.63. The van der Waals surface area contributed by atoms with Gasteiger partial charge in [-0.2, -0.15) is 0 Å². The van der Waals surface area contributed by atoms with Gasteiger partial charge in [0.25, 0.3) is 0 Å². The monoisotopic (exact) mass is 211 g/mol. The van der Waals surface area contributed by atoms with Crippen LogP contribution in [0.3, 0.4) is 0 Å². The molecule has 1 N–H and O–H groups in total. The van der Waals surface area contributed by atoms with E-state index in [1.807, 2.05) is 6.08 Å². The Hall–Kier alpha value is -0.830. The van der Waals surface area contributed by atoms with E-state index in [-0.39, 0.29) is 5.97 Å². The Morgan fingerprint density at radius 1 is 1.53 bits per heavy atom. The summed E-state index contributed by atoms with van der Waals surface area (Å²) in [5.74, 6) is -0.240. The number of hydrogen-bond acceptors (Lipinski definition) is 3. The van der Waals surface area contributed by atoms with Crippen molar-refractivity contribution in [2.75, 3.05) is 13.7 Å². The lowest BCUT2D eigenvalue weighted by molar-refractivity contribution is -0.136. The zero-order valence-corrected chi connectivity index (χ0v) is 9.93. The Balaban J connectivity index is 2.34. The first-order valence-corrected chi connectivity index (χ1v) is 5.63. The predicted octanol–water partition coefficient (Wildman–Crippen LogP) is 2.03. The van der Waals surface area contributed by atoms with Crippen LogP contribution in [0.25, 0.3) is 0 Å². The molecular weight excluding hydrogens is 190 g/mol. The standard InChI is InChI=1S/C12H21NO2/c1-4-12(7-5-8-12)13-9-6-10(2)11(14)15-3/h6,13H,4-5,7-9H2,1-3H3/b10-6-. The maximum absolute atomic E-state index is 11.1. The summed E-state index contributed by atoms with van der Waals surface area (Å²) >= 11 is 0. The van der Waals surface area contributed by atoms with Gasteiger partial charge in [0, 0.05) is 17.7 Å². The molecule has 1 fully saturated rings. The molecule has 86 valence electrons. The molecule has 0 spiro atoms. The minimum Gasteiger partial charge on any atom is -0.466 e. The van der Waals surface area contributed by atoms with E-state index in [0.717, 1.165) is 13.0 Å². The van der Waals surface area contributed by atoms with Crippen LogP contribution in [-0.4, -0.2) is 25.2 Å². The Bertz CT molecular complexity index is 249. The number of nitrogens with one attached hydrogen (secondary N) is 1. The van der Waals surface area contributed by atoms with Gasteiger partial charge in [-0.15, -0.1) is 0 Å². The van der Waals surface area contributed by atoms with Crippen LogP contribution in [0.2, 0.25) is 0 Å². The van der Waals surface area contributed by atoms with E-state index in [2.05, 4.69) is 17.0 Å². The van der Waals surface area contributed by atoms with Crippen LogP contribution in [0, 0.1) is 0 Å². The number of rotatable bonds is 5. The van der Waals surface area contributed by atoms with E-state index in [9.17, 15) is 4.79 Å². The molecular formula is C12H21NO2. The second-order valence-electron chi connectivity index (χ2n) is 4.25. The number of methoxy groups -OCH3 is 1. The van der Waals surface area contributed by atoms with Crippen LogP contribution in [-0.2, 0) is 9.53 Å². The molecule has 0 aromatic carbocycles. The Morgan fingerprint density at radius 3 is 2.60 bits per heavy atom. The molecule has 3 nitrogen and oxygen atoms in total. The number of carbonyl (C=O) groups is 1. The molecule has 0 heterocycles. The zero-order valence-electron chi connectivity index (χ0n) is 9.93. The molecule has 1 aliphatic carbocycles. The van der Waals surface area contributed by atoms with Gasteiger partial charge in [0.1, 0.15) is 0 Å². The fraction of sp³-hybridized carbons (Fsp3) is 0.750. The summed E-state index contributed by atoms with van der Waals surface area (Å²) in [6.07, 6.45) is 6.91. The minimum absolute atomic E-state index is 0.240. The molecule has 0 unspecified atom stereocenters. The molecule has 0 radical (unpaired) electrons. The van der Waals surface area contributed by atoms with E-state index in [1.165, 1.54) is 26.4 Å². The average molecular weight is 211 g/mol. The van der Waals surface area contributed by atoms with Crippen molar-refractivity contribution in [2.45, 2.75) is 45.1 Å². The van der Waals surface area contributed by atoms with Crippen molar-refractivity contribution >= 4 is 5.97 Å². The van der Waals surface area contributed by atoms with Crippen molar-refractivity contribution in [3.8, 4) is 0 Å². The number of ether oxygens (including phenoxy) is 1. The Morgan fingerprint density at radius 2 is 2.20 bits per heavy atom. The van der Waals surface area contributed by atoms with Crippen molar-refractivity contribution in [2.24, 2.45) is 0 Å². The summed E-state index contributed by atoms with van der Waals surface area (Å²) in [5.41, 5.74) is 1.02. The van der Waals surface area contributed by atoms with Gasteiger partial charge in [0.2, 0.25) is 0 Å². The van der Waals surface area contributed by atoms with E-state index in [4.69, 9.17) is 0 Å². The summed E-state index contributed by atoms with van der Waals surface area (Å²) in [6.45, 7) is 4.75. The summed E-state index contributed by atoms with van der Waals surface area (Å²) in [4.78, 5) is 11.1. The van der Waals surface area contributed by atoms with Gasteiger partial charge < -0.3 is 10.1 Å². The topological polar surface area (TPSA) is 38.3 Å². The van der Waals surface area contributed by atoms with E-state index in [1.54, 1.807) is 6.92 Å². The lowest BCUT2D eigenvalue weighted by atomic mass is 9.75. The fourth-order valence-electron chi connectivity index (χ4n) is 1.92. The largest absolute Gasteiger partial charge is 0.466 e. The second-order valence-corrected chi connectivity index (χ2v) is 4.25. The zero-order chi connectivity index (χ0) is 11.3. The van der Waals surface area contributed by atoms with Gasteiger partial charge in [0.15, 0.2) is 0 Å². The van der Waals surface area contributed by atoms with Crippen molar-refractivity contribution in [3.63, 3.8) is 0 Å². The lowest BCUT2D eigenvalue weighted by Crippen LogP contribution is -2.50. The van der Waals surface area contributed by atoms with Gasteiger partial charge in [0.05, 0.1) is 7.11 Å². The summed E-state index contributed by atoms with van der Waals surface area (Å²) < 4.78 is 4.63. The Kier molecular flexibility index (Phi) is 4.33. The fourth-order valence-corrected chi connectivity index (χ4v) is 1.92. The molecule has 0 saturated heterocycles. The van der Waals surface area contributed by atoms with Gasteiger partial charge in [-0.05, 0) is 32.6 Å². The molecule has 15 heavy (non-hydrogen) atoms. The molecule has 1 aliphatic rings. The molecule has 0 aromatic rings. The number of carbonyl (C=O) groups excluding carboxylic acids is 1. The molecule has 1 rings (SSSR count). The number of esters is 1. The van der Waals surface area contributed by atoms with Crippen molar-refractivity contribution in [1.29, 1.82) is 0 Å². The summed E-state index contributed by atoms with van der Waals surface area (Å²) in [7, 11) is 1.41. The molecule has 0 aliphatic heterocycles. The first kappa shape index (κ1) is 12.2. The highest BCUT2D eigenvalue weighted by molar-refractivity contribution is 5.87. The second kappa shape index (κ2) is 5.31. The summed E-state index contributed by atoms with van der Waals surface area (Å²) in [5, 5.41) is 3.51. The third kappa shape index (κ3) is 3.06. The number of hydrogen-bond donors (Lipinski definition) is 1. The third-order valence-electron chi connectivity index (χ3n) is 3.38. The van der Waals surface area contributed by atoms with Crippen LogP contribution in [0.4, 0.5) is 0 Å². The first-order chi connectivity index (χ1) is 7.13. The third-order valence-corrected chi connectivity index (χ3v) is 3.38. The highest BCUT2D eigenvalue weighted by atomic mass is 16.5. The molecule has 1 saturated carbocycles. The van der Waals surface area contributed by atoms with Crippen LogP contribution in [0.15, 0.2) is 11.6 Å². The quantitative estimate of drug-likeness (QED) is 0.558. The van der Waals surface area contributed by atoms with Gasteiger partial charge >= 0.3 is 5.97 Å². The predicted molar refractivity (Wildman–Crippen MR) is 60.6 cm³/mol. The maximum atomic E-state index is 11.1. The normalized spacial score (nSPS) is 19.5. The van der Waals surface area contributed by atoms with Crippen molar-refractivity contribution in [1.82, 2.24) is 5.32 Å². The molecule has 0 amide bonds. The highest BCUT2D eigenvalue weighted by Gasteiger charge is 2.33. The molecule has 0 bridgehead atoms. The molecule has 0 atom stereocenters. The average Bonchev–Trinajstić information content (AvgIpc) is 2.20. The van der Waals surface area contributed by atoms with Crippen LogP contribution < -0.4 is 5.32 Å². The van der Waals surface area contributed by atoms with Crippen LogP contribution >= 0.6 is 0 Å². The van der Waals surface area contributed by atoms with E-state index < -0.39 is 0 Å². The molecule has 3 heteroatoms. The SMILES string of the molecule is CCC1(NC/C=C(/C)C(=O)OC)CCC1. The smallest absolute Gasteiger partial charge is 0.333 e. The van der Waals surface area contributed by atoms with E-state index >= 15 is 0 Å². The highest BCUT2D eigenvalue weighted by Crippen LogP contribution is 2.34. The van der Waals surface area contributed by atoms with Gasteiger partial charge in [-0.1, -0.05) is 13.0 Å². The maximum Gasteiger partial charge on any atom is 0.333 e. The van der Waals surface area contributed by atoms with Crippen molar-refractivity contribution in [3.05, 3.63) is 11.6 Å². The minimum atomic E-state index is -0.240. The lowest BCUT2D eigenvalue weighted by Gasteiger charge is -2.42. The molecule has 0 aromatic heterocycles. The van der Waals surface area contributed by atoms with Gasteiger partial charge in [-0.3, -0.25) is 0 Å². The summed E-state index contributed by atoms with van der Waals surface area (Å²) in [6, 6.07) is 0. The van der Waals surface area contributed by atoms with E-state index in [0.29, 0.717) is 11.1 Å². The van der Waals surface area contributed by atoms with Crippen molar-refractivity contribution < 1.29 is 9.53 Å². The Labute approximate surface area is 91.9 Å².